The highest BCUT2D eigenvalue weighted by molar-refractivity contribution is 7.17. The fraction of sp³-hybridized carbons (Fsp3) is 0.429. The van der Waals surface area contributed by atoms with Crippen LogP contribution in [0.3, 0.4) is 0 Å². The van der Waals surface area contributed by atoms with Gasteiger partial charge in [-0.3, -0.25) is 4.79 Å². The van der Waals surface area contributed by atoms with Crippen molar-refractivity contribution in [3.05, 3.63) is 46.3 Å². The molecule has 0 aliphatic heterocycles. The zero-order chi connectivity index (χ0) is 19.4. The van der Waals surface area contributed by atoms with Crippen LogP contribution in [0, 0.1) is 0 Å². The number of esters is 1. The van der Waals surface area contributed by atoms with Gasteiger partial charge in [0.25, 0.3) is 5.91 Å². The SMILES string of the molecule is CC[C@@H](Oc1ccccc1)C(=O)Nc1sc2c(c1C(=O)OC(C)C)CCC2. The maximum atomic E-state index is 12.8. The third-order valence-electron chi connectivity index (χ3n) is 4.39. The molecule has 0 spiro atoms. The average molecular weight is 388 g/mol. The van der Waals surface area contributed by atoms with Crippen LogP contribution in [-0.2, 0) is 22.4 Å². The zero-order valence-corrected chi connectivity index (χ0v) is 16.7. The molecule has 0 saturated heterocycles. The topological polar surface area (TPSA) is 64.6 Å². The van der Waals surface area contributed by atoms with E-state index in [-0.39, 0.29) is 18.0 Å². The third kappa shape index (κ3) is 4.50. The number of rotatable bonds is 7. The number of thiophene rings is 1. The summed E-state index contributed by atoms with van der Waals surface area (Å²) >= 11 is 1.48. The second kappa shape index (κ2) is 8.57. The normalized spacial score (nSPS) is 13.9. The largest absolute Gasteiger partial charge is 0.481 e. The number of carbonyl (C=O) groups is 2. The Kier molecular flexibility index (Phi) is 6.16. The highest BCUT2D eigenvalue weighted by Gasteiger charge is 2.30. The quantitative estimate of drug-likeness (QED) is 0.705. The first-order valence-electron chi connectivity index (χ1n) is 9.37. The van der Waals surface area contributed by atoms with Crippen molar-refractivity contribution in [1.29, 1.82) is 0 Å². The molecule has 0 bridgehead atoms. The van der Waals surface area contributed by atoms with Crippen LogP contribution >= 0.6 is 11.3 Å². The molecule has 1 heterocycles. The molecule has 1 N–H and O–H groups in total. The van der Waals surface area contributed by atoms with Crippen molar-refractivity contribution in [1.82, 2.24) is 0 Å². The van der Waals surface area contributed by atoms with Crippen molar-refractivity contribution in [2.45, 2.75) is 58.7 Å². The van der Waals surface area contributed by atoms with Gasteiger partial charge in [0, 0.05) is 4.88 Å². The van der Waals surface area contributed by atoms with Crippen molar-refractivity contribution < 1.29 is 19.1 Å². The number of hydrogen-bond donors (Lipinski definition) is 1. The second-order valence-corrected chi connectivity index (χ2v) is 7.94. The van der Waals surface area contributed by atoms with Crippen LogP contribution in [0.5, 0.6) is 5.75 Å². The van der Waals surface area contributed by atoms with Crippen molar-refractivity contribution >= 4 is 28.2 Å². The van der Waals surface area contributed by atoms with Crippen LogP contribution < -0.4 is 10.1 Å². The number of ether oxygens (including phenoxy) is 2. The molecule has 5 nitrogen and oxygen atoms in total. The van der Waals surface area contributed by atoms with Crippen LogP contribution in [0.4, 0.5) is 5.00 Å². The van der Waals surface area contributed by atoms with Gasteiger partial charge in [0.2, 0.25) is 0 Å². The lowest BCUT2D eigenvalue weighted by atomic mass is 10.1. The molecule has 3 rings (SSSR count). The van der Waals surface area contributed by atoms with E-state index in [0.29, 0.717) is 22.7 Å². The summed E-state index contributed by atoms with van der Waals surface area (Å²) in [6, 6.07) is 9.27. The number of aryl methyl sites for hydroxylation is 1. The van der Waals surface area contributed by atoms with Crippen LogP contribution in [0.1, 0.15) is 54.4 Å². The van der Waals surface area contributed by atoms with Crippen molar-refractivity contribution in [3.8, 4) is 5.75 Å². The minimum Gasteiger partial charge on any atom is -0.481 e. The van der Waals surface area contributed by atoms with Crippen molar-refractivity contribution in [2.75, 3.05) is 5.32 Å². The predicted molar refractivity (Wildman–Crippen MR) is 107 cm³/mol. The van der Waals surface area contributed by atoms with E-state index in [1.165, 1.54) is 11.3 Å². The standard InChI is InChI=1S/C21H25NO4S/c1-4-16(26-14-9-6-5-7-10-14)19(23)22-20-18(21(24)25-13(2)3)15-11-8-12-17(15)27-20/h5-7,9-10,13,16H,4,8,11-12H2,1-3H3,(H,22,23)/t16-/m1/s1. The highest BCUT2D eigenvalue weighted by atomic mass is 32.1. The van der Waals surface area contributed by atoms with Crippen LogP contribution in [0.15, 0.2) is 30.3 Å². The Hall–Kier alpha value is -2.34. The minimum absolute atomic E-state index is 0.206. The zero-order valence-electron chi connectivity index (χ0n) is 15.9. The number of hydrogen-bond acceptors (Lipinski definition) is 5. The van der Waals surface area contributed by atoms with E-state index in [1.54, 1.807) is 0 Å². The van der Waals surface area contributed by atoms with Crippen LogP contribution in [0.2, 0.25) is 0 Å². The van der Waals surface area contributed by atoms with E-state index in [2.05, 4.69) is 5.32 Å². The lowest BCUT2D eigenvalue weighted by molar-refractivity contribution is -0.122. The Morgan fingerprint density at radius 3 is 2.59 bits per heavy atom. The average Bonchev–Trinajstić information content (AvgIpc) is 3.20. The summed E-state index contributed by atoms with van der Waals surface area (Å²) in [6.07, 6.45) is 2.52. The van der Waals surface area contributed by atoms with E-state index in [9.17, 15) is 9.59 Å². The van der Waals surface area contributed by atoms with Crippen molar-refractivity contribution in [2.24, 2.45) is 0 Å². The van der Waals surface area contributed by atoms with Gasteiger partial charge in [-0.1, -0.05) is 25.1 Å². The van der Waals surface area contributed by atoms with Gasteiger partial charge in [-0.25, -0.2) is 4.79 Å². The van der Waals surface area contributed by atoms with Gasteiger partial charge in [0.05, 0.1) is 11.7 Å². The predicted octanol–water partition coefficient (Wildman–Crippen LogP) is 4.60. The maximum Gasteiger partial charge on any atom is 0.341 e. The van der Waals surface area contributed by atoms with E-state index in [1.807, 2.05) is 51.1 Å². The van der Waals surface area contributed by atoms with E-state index in [4.69, 9.17) is 9.47 Å². The first-order chi connectivity index (χ1) is 13.0. The number of anilines is 1. The van der Waals surface area contributed by atoms with Gasteiger partial charge < -0.3 is 14.8 Å². The molecule has 2 aromatic rings. The Morgan fingerprint density at radius 1 is 1.19 bits per heavy atom. The molecule has 6 heteroatoms. The molecular weight excluding hydrogens is 362 g/mol. The Balaban J connectivity index is 1.79. The minimum atomic E-state index is -0.627. The molecule has 0 radical (unpaired) electrons. The fourth-order valence-corrected chi connectivity index (χ4v) is 4.44. The molecule has 0 saturated carbocycles. The summed E-state index contributed by atoms with van der Waals surface area (Å²) in [5.41, 5.74) is 1.54. The van der Waals surface area contributed by atoms with Crippen LogP contribution in [0.25, 0.3) is 0 Å². The number of fused-ring (bicyclic) bond motifs is 1. The lowest BCUT2D eigenvalue weighted by Crippen LogP contribution is -2.32. The van der Waals surface area contributed by atoms with Gasteiger partial charge in [-0.15, -0.1) is 11.3 Å². The first-order valence-corrected chi connectivity index (χ1v) is 10.2. The highest BCUT2D eigenvalue weighted by Crippen LogP contribution is 2.39. The molecule has 27 heavy (non-hydrogen) atoms. The Labute approximate surface area is 163 Å². The third-order valence-corrected chi connectivity index (χ3v) is 5.60. The molecule has 1 aromatic carbocycles. The number of benzene rings is 1. The van der Waals surface area contributed by atoms with Crippen molar-refractivity contribution in [3.63, 3.8) is 0 Å². The summed E-state index contributed by atoms with van der Waals surface area (Å²) in [5.74, 6) is 0.0317. The van der Waals surface area contributed by atoms with E-state index in [0.717, 1.165) is 29.7 Å². The number of para-hydroxylation sites is 1. The second-order valence-electron chi connectivity index (χ2n) is 6.83. The van der Waals surface area contributed by atoms with E-state index >= 15 is 0 Å². The summed E-state index contributed by atoms with van der Waals surface area (Å²) in [6.45, 7) is 5.54. The molecule has 1 amide bonds. The van der Waals surface area contributed by atoms with Gasteiger partial charge in [0.1, 0.15) is 10.8 Å². The van der Waals surface area contributed by atoms with Gasteiger partial charge >= 0.3 is 5.97 Å². The van der Waals surface area contributed by atoms with Crippen LogP contribution in [-0.4, -0.2) is 24.1 Å². The molecule has 1 aliphatic rings. The molecule has 144 valence electrons. The monoisotopic (exact) mass is 387 g/mol. The molecule has 1 aromatic heterocycles. The smallest absolute Gasteiger partial charge is 0.341 e. The fourth-order valence-electron chi connectivity index (χ4n) is 3.16. The molecule has 1 aliphatic carbocycles. The summed E-state index contributed by atoms with van der Waals surface area (Å²) in [4.78, 5) is 26.6. The summed E-state index contributed by atoms with van der Waals surface area (Å²) in [7, 11) is 0. The van der Waals surface area contributed by atoms with Gasteiger partial charge in [-0.05, 0) is 57.2 Å². The lowest BCUT2D eigenvalue weighted by Gasteiger charge is -2.17. The first kappa shape index (κ1) is 19.4. The molecule has 0 fully saturated rings. The molecule has 1 atom stereocenters. The number of amides is 1. The number of nitrogens with one attached hydrogen (secondary N) is 1. The summed E-state index contributed by atoms with van der Waals surface area (Å²) < 4.78 is 11.2. The Morgan fingerprint density at radius 2 is 1.93 bits per heavy atom. The maximum absolute atomic E-state index is 12.8. The van der Waals surface area contributed by atoms with Gasteiger partial charge in [-0.2, -0.15) is 0 Å². The van der Waals surface area contributed by atoms with E-state index < -0.39 is 6.10 Å². The van der Waals surface area contributed by atoms with Gasteiger partial charge in [0.15, 0.2) is 6.10 Å². The molecule has 0 unspecified atom stereocenters. The Bertz CT molecular complexity index is 813. The molecular formula is C21H25NO4S. The number of carbonyl (C=O) groups excluding carboxylic acids is 2. The summed E-state index contributed by atoms with van der Waals surface area (Å²) in [5, 5.41) is 3.49.